The van der Waals surface area contributed by atoms with E-state index in [9.17, 15) is 23.2 Å². The second-order valence-corrected chi connectivity index (χ2v) is 7.96. The van der Waals surface area contributed by atoms with Gasteiger partial charge in [-0.2, -0.15) is 5.26 Å². The molecule has 32 heavy (non-hydrogen) atoms. The van der Waals surface area contributed by atoms with Crippen LogP contribution in [0.4, 0.5) is 18.9 Å². The first-order valence-corrected chi connectivity index (χ1v) is 10.0. The van der Waals surface area contributed by atoms with Crippen LogP contribution in [0, 0.1) is 28.8 Å². The van der Waals surface area contributed by atoms with Gasteiger partial charge >= 0.3 is 0 Å². The lowest BCUT2D eigenvalue weighted by molar-refractivity contribution is 0.154. The lowest BCUT2D eigenvalue weighted by atomic mass is 10.0. The van der Waals surface area contributed by atoms with Crippen LogP contribution in [0.25, 0.3) is 11.0 Å². The molecule has 0 unspecified atom stereocenters. The fourth-order valence-electron chi connectivity index (χ4n) is 4.00. The number of nitriles is 1. The molecule has 0 aliphatic carbocycles. The first-order valence-electron chi connectivity index (χ1n) is 11.0. The molecule has 6 nitrogen and oxygen atoms in total. The summed E-state index contributed by atoms with van der Waals surface area (Å²) in [6.07, 6.45) is 0. The van der Waals surface area contributed by atoms with Crippen molar-refractivity contribution in [3.63, 3.8) is 0 Å². The van der Waals surface area contributed by atoms with E-state index in [0.717, 1.165) is 0 Å². The maximum Gasteiger partial charge on any atom is 0.252 e. The summed E-state index contributed by atoms with van der Waals surface area (Å²) >= 11 is 0. The van der Waals surface area contributed by atoms with E-state index in [2.05, 4.69) is 4.98 Å². The second-order valence-electron chi connectivity index (χ2n) is 7.96. The molecule has 3 aromatic rings. The number of fused-ring (bicyclic) bond motifs is 1. The van der Waals surface area contributed by atoms with Gasteiger partial charge in [-0.1, -0.05) is 0 Å². The SMILES string of the molecule is [2H]C([2H])(c1c(F)cc(F)cc1F)N1C[C@H](C)N(c2cc(=O)n(C)c3ccc(C#N)nc23)C[C@H]1C. The van der Waals surface area contributed by atoms with Gasteiger partial charge in [0.2, 0.25) is 0 Å². The molecule has 0 bridgehead atoms. The topological polar surface area (TPSA) is 65.2 Å². The van der Waals surface area contributed by atoms with Crippen LogP contribution in [-0.4, -0.2) is 39.6 Å². The third-order valence-corrected chi connectivity index (χ3v) is 5.74. The third kappa shape index (κ3) is 3.82. The molecule has 2 aromatic heterocycles. The summed E-state index contributed by atoms with van der Waals surface area (Å²) in [6.45, 7) is 1.21. The molecule has 0 spiro atoms. The number of nitrogens with zero attached hydrogens (tertiary/aromatic N) is 5. The van der Waals surface area contributed by atoms with Gasteiger partial charge in [0.15, 0.2) is 0 Å². The van der Waals surface area contributed by atoms with Crippen LogP contribution in [0.15, 0.2) is 35.1 Å². The molecule has 0 saturated carbocycles. The molecule has 2 atom stereocenters. The predicted molar refractivity (Wildman–Crippen MR) is 115 cm³/mol. The standard InChI is InChI=1S/C23H22F3N5O/c1-13-11-31(14(2)10-30(13)12-17-18(25)6-15(24)7-19(17)26)21-8-22(32)29(3)20-5-4-16(9-27)28-23(20)21/h4-8,13-14H,10-12H2,1-3H3/t13-,14+/m1/s1/i12D2. The molecule has 1 aliphatic rings. The van der Waals surface area contributed by atoms with Crippen molar-refractivity contribution in [2.75, 3.05) is 18.0 Å². The van der Waals surface area contributed by atoms with Crippen LogP contribution < -0.4 is 10.5 Å². The van der Waals surface area contributed by atoms with Crippen molar-refractivity contribution in [3.8, 4) is 6.07 Å². The van der Waals surface area contributed by atoms with Gasteiger partial charge in [0.05, 0.1) is 11.2 Å². The minimum atomic E-state index is -2.55. The van der Waals surface area contributed by atoms with Crippen LogP contribution >= 0.6 is 0 Å². The lowest BCUT2D eigenvalue weighted by Crippen LogP contribution is -2.56. The quantitative estimate of drug-likeness (QED) is 0.622. The number of aryl methyl sites for hydroxylation is 1. The molecule has 1 fully saturated rings. The smallest absolute Gasteiger partial charge is 0.252 e. The number of piperazine rings is 1. The molecule has 166 valence electrons. The van der Waals surface area contributed by atoms with Crippen LogP contribution in [0.1, 0.15) is 27.8 Å². The summed E-state index contributed by atoms with van der Waals surface area (Å²) < 4.78 is 60.7. The van der Waals surface area contributed by atoms with E-state index < -0.39 is 35.6 Å². The number of pyridine rings is 2. The third-order valence-electron chi connectivity index (χ3n) is 5.74. The average Bonchev–Trinajstić information content (AvgIpc) is 2.76. The Morgan fingerprint density at radius 1 is 1.16 bits per heavy atom. The average molecular weight is 443 g/mol. The van der Waals surface area contributed by atoms with Crippen molar-refractivity contribution in [1.82, 2.24) is 14.5 Å². The molecule has 3 heterocycles. The van der Waals surface area contributed by atoms with E-state index in [1.807, 2.05) is 11.0 Å². The first kappa shape index (κ1) is 19.3. The van der Waals surface area contributed by atoms with Crippen molar-refractivity contribution in [1.29, 1.82) is 5.26 Å². The Hall–Kier alpha value is -3.38. The molecule has 0 N–H and O–H groups in total. The Labute approximate surface area is 185 Å². The molecular weight excluding hydrogens is 419 g/mol. The van der Waals surface area contributed by atoms with Gasteiger partial charge in [0.25, 0.3) is 5.56 Å². The van der Waals surface area contributed by atoms with Gasteiger partial charge in [-0.15, -0.1) is 0 Å². The fraction of sp³-hybridized carbons (Fsp3) is 0.348. The number of rotatable bonds is 3. The van der Waals surface area contributed by atoms with E-state index in [1.165, 1.54) is 21.6 Å². The van der Waals surface area contributed by atoms with E-state index in [-0.39, 0.29) is 30.4 Å². The van der Waals surface area contributed by atoms with E-state index in [0.29, 0.717) is 28.9 Å². The normalized spacial score (nSPS) is 20.7. The number of anilines is 1. The highest BCUT2D eigenvalue weighted by molar-refractivity contribution is 5.89. The Kier molecular flexibility index (Phi) is 5.00. The summed E-state index contributed by atoms with van der Waals surface area (Å²) in [6, 6.07) is 6.57. The van der Waals surface area contributed by atoms with Crippen LogP contribution in [0.2, 0.25) is 0 Å². The van der Waals surface area contributed by atoms with Gasteiger partial charge < -0.3 is 9.47 Å². The largest absolute Gasteiger partial charge is 0.364 e. The highest BCUT2D eigenvalue weighted by Gasteiger charge is 2.32. The molecule has 1 saturated heterocycles. The van der Waals surface area contributed by atoms with Crippen molar-refractivity contribution >= 4 is 16.7 Å². The zero-order chi connectivity index (χ0) is 24.9. The van der Waals surface area contributed by atoms with E-state index in [4.69, 9.17) is 2.74 Å². The van der Waals surface area contributed by atoms with Crippen molar-refractivity contribution in [2.24, 2.45) is 7.05 Å². The van der Waals surface area contributed by atoms with E-state index >= 15 is 0 Å². The fourth-order valence-corrected chi connectivity index (χ4v) is 4.00. The molecule has 1 aromatic carbocycles. The minimum absolute atomic E-state index is 0.0546. The van der Waals surface area contributed by atoms with Crippen molar-refractivity contribution in [2.45, 2.75) is 32.4 Å². The van der Waals surface area contributed by atoms with Crippen LogP contribution in [0.5, 0.6) is 0 Å². The van der Waals surface area contributed by atoms with E-state index in [1.54, 1.807) is 27.0 Å². The predicted octanol–water partition coefficient (Wildman–Crippen LogP) is 3.32. The van der Waals surface area contributed by atoms with Gasteiger partial charge in [-0.05, 0) is 26.0 Å². The van der Waals surface area contributed by atoms with Gasteiger partial charge in [0.1, 0.15) is 34.7 Å². The Morgan fingerprint density at radius 3 is 2.50 bits per heavy atom. The zero-order valence-corrected chi connectivity index (χ0v) is 17.7. The summed E-state index contributed by atoms with van der Waals surface area (Å²) in [4.78, 5) is 20.2. The molecular formula is C23H22F3N5O. The number of halogens is 3. The van der Waals surface area contributed by atoms with Gasteiger partial charge in [-0.3, -0.25) is 9.69 Å². The zero-order valence-electron chi connectivity index (χ0n) is 19.7. The maximum absolute atomic E-state index is 14.4. The number of aromatic nitrogens is 2. The first-order chi connectivity index (χ1) is 15.9. The van der Waals surface area contributed by atoms with Gasteiger partial charge in [0, 0.05) is 65.2 Å². The monoisotopic (exact) mass is 443 g/mol. The number of hydrogen-bond acceptors (Lipinski definition) is 5. The highest BCUT2D eigenvalue weighted by Crippen LogP contribution is 2.30. The summed E-state index contributed by atoms with van der Waals surface area (Å²) in [7, 11) is 1.60. The van der Waals surface area contributed by atoms with Crippen molar-refractivity contribution in [3.05, 3.63) is 69.4 Å². The summed E-state index contributed by atoms with van der Waals surface area (Å²) in [5.41, 5.74) is 0.545. The molecule has 0 radical (unpaired) electrons. The Morgan fingerprint density at radius 2 is 1.84 bits per heavy atom. The maximum atomic E-state index is 14.4. The minimum Gasteiger partial charge on any atom is -0.364 e. The van der Waals surface area contributed by atoms with Gasteiger partial charge in [-0.25, -0.2) is 18.2 Å². The lowest BCUT2D eigenvalue weighted by Gasteiger charge is -2.45. The highest BCUT2D eigenvalue weighted by atomic mass is 19.1. The Bertz CT molecular complexity index is 1360. The Balaban J connectivity index is 1.75. The molecule has 0 amide bonds. The summed E-state index contributed by atoms with van der Waals surface area (Å²) in [5, 5.41) is 9.28. The summed E-state index contributed by atoms with van der Waals surface area (Å²) in [5.74, 6) is -3.71. The molecule has 1 aliphatic heterocycles. The number of benzene rings is 1. The molecule has 9 heteroatoms. The second kappa shape index (κ2) is 8.28. The molecule has 4 rings (SSSR count). The number of hydrogen-bond donors (Lipinski definition) is 0. The van der Waals surface area contributed by atoms with Crippen LogP contribution in [-0.2, 0) is 13.5 Å². The van der Waals surface area contributed by atoms with Crippen LogP contribution in [0.3, 0.4) is 0 Å². The van der Waals surface area contributed by atoms with Crippen molar-refractivity contribution < 1.29 is 15.9 Å².